The zero-order valence-electron chi connectivity index (χ0n) is 14.5. The topological polar surface area (TPSA) is 66.5 Å². The van der Waals surface area contributed by atoms with Crippen LogP contribution in [0.15, 0.2) is 53.4 Å². The minimum atomic E-state index is -3.80. The van der Waals surface area contributed by atoms with E-state index in [1.807, 2.05) is 6.92 Å². The summed E-state index contributed by atoms with van der Waals surface area (Å²) in [6, 6.07) is 11.5. The highest BCUT2D eigenvalue weighted by molar-refractivity contribution is 7.89. The smallest absolute Gasteiger partial charge is 0.243 e. The molecule has 7 heteroatoms. The molecule has 2 aromatic rings. The van der Waals surface area contributed by atoms with E-state index in [0.29, 0.717) is 12.8 Å². The van der Waals surface area contributed by atoms with Crippen LogP contribution in [0.4, 0.5) is 10.1 Å². The average molecular weight is 376 g/mol. The van der Waals surface area contributed by atoms with Crippen molar-refractivity contribution in [3.8, 4) is 0 Å². The number of nitrogens with zero attached hydrogens (tertiary/aromatic N) is 1. The molecule has 1 N–H and O–H groups in total. The second kappa shape index (κ2) is 7.55. The molecule has 1 heterocycles. The molecule has 0 aromatic heterocycles. The quantitative estimate of drug-likeness (QED) is 0.890. The number of halogens is 1. The van der Waals surface area contributed by atoms with Crippen molar-refractivity contribution >= 4 is 21.6 Å². The third-order valence-corrected chi connectivity index (χ3v) is 6.44. The van der Waals surface area contributed by atoms with Crippen LogP contribution in [0, 0.1) is 12.7 Å². The van der Waals surface area contributed by atoms with Gasteiger partial charge in [-0.05, 0) is 44.0 Å². The Balaban J connectivity index is 1.86. The van der Waals surface area contributed by atoms with Gasteiger partial charge in [0.2, 0.25) is 15.9 Å². The van der Waals surface area contributed by atoms with Gasteiger partial charge in [-0.2, -0.15) is 4.31 Å². The molecule has 5 nitrogen and oxygen atoms in total. The highest BCUT2D eigenvalue weighted by Gasteiger charge is 2.37. The van der Waals surface area contributed by atoms with E-state index in [2.05, 4.69) is 5.32 Å². The van der Waals surface area contributed by atoms with Crippen molar-refractivity contribution in [3.05, 3.63) is 59.9 Å². The third kappa shape index (κ3) is 3.78. The summed E-state index contributed by atoms with van der Waals surface area (Å²) in [5, 5.41) is 2.52. The number of carbonyl (C=O) groups is 1. The van der Waals surface area contributed by atoms with Gasteiger partial charge in [-0.1, -0.05) is 36.2 Å². The van der Waals surface area contributed by atoms with Gasteiger partial charge < -0.3 is 5.32 Å². The number of hydrogen-bond acceptors (Lipinski definition) is 3. The number of para-hydroxylation sites is 1. The van der Waals surface area contributed by atoms with Gasteiger partial charge in [0.15, 0.2) is 0 Å². The molecule has 1 saturated heterocycles. The van der Waals surface area contributed by atoms with E-state index in [4.69, 9.17) is 0 Å². The summed E-state index contributed by atoms with van der Waals surface area (Å²) in [5.74, 6) is -1.06. The highest BCUT2D eigenvalue weighted by Crippen LogP contribution is 2.27. The monoisotopic (exact) mass is 376 g/mol. The maximum Gasteiger partial charge on any atom is 0.243 e. The minimum absolute atomic E-state index is 0.0516. The average Bonchev–Trinajstić information content (AvgIpc) is 2.64. The lowest BCUT2D eigenvalue weighted by Crippen LogP contribution is -2.49. The number of sulfonamides is 1. The molecule has 0 radical (unpaired) electrons. The predicted molar refractivity (Wildman–Crippen MR) is 97.7 cm³/mol. The number of anilines is 1. The zero-order chi connectivity index (χ0) is 18.7. The summed E-state index contributed by atoms with van der Waals surface area (Å²) in [4.78, 5) is 12.8. The van der Waals surface area contributed by atoms with Crippen LogP contribution in [-0.4, -0.2) is 31.2 Å². The number of rotatable bonds is 4. The predicted octanol–water partition coefficient (Wildman–Crippen LogP) is 3.32. The molecule has 0 saturated carbocycles. The van der Waals surface area contributed by atoms with Crippen LogP contribution >= 0.6 is 0 Å². The van der Waals surface area contributed by atoms with Crippen molar-refractivity contribution in [2.45, 2.75) is 37.1 Å². The molecule has 0 bridgehead atoms. The summed E-state index contributed by atoms with van der Waals surface area (Å²) < 4.78 is 41.0. The van der Waals surface area contributed by atoms with Gasteiger partial charge in [-0.25, -0.2) is 12.8 Å². The van der Waals surface area contributed by atoms with E-state index >= 15 is 0 Å². The fourth-order valence-electron chi connectivity index (χ4n) is 3.08. The van der Waals surface area contributed by atoms with E-state index in [9.17, 15) is 17.6 Å². The lowest BCUT2D eigenvalue weighted by molar-refractivity contribution is -0.120. The van der Waals surface area contributed by atoms with Crippen LogP contribution in [0.2, 0.25) is 0 Å². The van der Waals surface area contributed by atoms with Crippen molar-refractivity contribution in [2.75, 3.05) is 11.9 Å². The Labute approximate surface area is 152 Å². The van der Waals surface area contributed by atoms with Crippen molar-refractivity contribution < 1.29 is 17.6 Å². The Morgan fingerprint density at radius 3 is 2.50 bits per heavy atom. The van der Waals surface area contributed by atoms with Gasteiger partial charge in [-0.3, -0.25) is 4.79 Å². The lowest BCUT2D eigenvalue weighted by Gasteiger charge is -2.33. The fourth-order valence-corrected chi connectivity index (χ4v) is 4.74. The molecule has 26 heavy (non-hydrogen) atoms. The Morgan fingerprint density at radius 2 is 1.81 bits per heavy atom. The van der Waals surface area contributed by atoms with E-state index in [1.165, 1.54) is 22.5 Å². The number of benzene rings is 2. The van der Waals surface area contributed by atoms with Gasteiger partial charge in [0.25, 0.3) is 0 Å². The molecule has 0 aliphatic carbocycles. The number of hydrogen-bond donors (Lipinski definition) is 1. The molecule has 0 unspecified atom stereocenters. The molecule has 0 spiro atoms. The number of amides is 1. The molecule has 2 aromatic carbocycles. The van der Waals surface area contributed by atoms with Crippen LogP contribution in [0.1, 0.15) is 24.8 Å². The maximum absolute atomic E-state index is 13.8. The first-order chi connectivity index (χ1) is 12.4. The van der Waals surface area contributed by atoms with Crippen LogP contribution < -0.4 is 5.32 Å². The Kier molecular flexibility index (Phi) is 5.38. The largest absolute Gasteiger partial charge is 0.322 e. The van der Waals surface area contributed by atoms with Crippen molar-refractivity contribution in [1.82, 2.24) is 4.31 Å². The number of nitrogens with one attached hydrogen (secondary N) is 1. The molecular formula is C19H21FN2O3S. The summed E-state index contributed by atoms with van der Waals surface area (Å²) in [6.07, 6.45) is 1.84. The number of piperidine rings is 1. The van der Waals surface area contributed by atoms with Crippen molar-refractivity contribution in [1.29, 1.82) is 0 Å². The number of aryl methyl sites for hydroxylation is 1. The summed E-state index contributed by atoms with van der Waals surface area (Å²) in [5.41, 5.74) is 1.01. The zero-order valence-corrected chi connectivity index (χ0v) is 15.3. The molecule has 1 aliphatic rings. The van der Waals surface area contributed by atoms with Gasteiger partial charge in [0.05, 0.1) is 10.6 Å². The first kappa shape index (κ1) is 18.5. The molecule has 1 amide bonds. The van der Waals surface area contributed by atoms with Crippen LogP contribution in [0.3, 0.4) is 0 Å². The van der Waals surface area contributed by atoms with Crippen LogP contribution in [-0.2, 0) is 14.8 Å². The molecule has 1 fully saturated rings. The van der Waals surface area contributed by atoms with Crippen LogP contribution in [0.25, 0.3) is 0 Å². The highest BCUT2D eigenvalue weighted by atomic mass is 32.2. The van der Waals surface area contributed by atoms with E-state index in [1.54, 1.807) is 30.3 Å². The van der Waals surface area contributed by atoms with Gasteiger partial charge >= 0.3 is 0 Å². The molecule has 1 aliphatic heterocycles. The summed E-state index contributed by atoms with van der Waals surface area (Å²) >= 11 is 0. The summed E-state index contributed by atoms with van der Waals surface area (Å²) in [7, 11) is -3.80. The van der Waals surface area contributed by atoms with E-state index < -0.39 is 27.8 Å². The van der Waals surface area contributed by atoms with E-state index in [0.717, 1.165) is 12.0 Å². The number of carbonyl (C=O) groups excluding carboxylic acids is 1. The molecule has 138 valence electrons. The SMILES string of the molecule is Cc1ccc(S(=O)(=O)N2CCCC[C@H]2C(=O)Nc2ccccc2F)cc1. The second-order valence-corrected chi connectivity index (χ2v) is 8.30. The first-order valence-electron chi connectivity index (χ1n) is 8.53. The van der Waals surface area contributed by atoms with Crippen molar-refractivity contribution in [2.24, 2.45) is 0 Å². The molecule has 3 rings (SSSR count). The second-order valence-electron chi connectivity index (χ2n) is 6.41. The minimum Gasteiger partial charge on any atom is -0.322 e. The first-order valence-corrected chi connectivity index (χ1v) is 9.97. The van der Waals surface area contributed by atoms with Gasteiger partial charge in [-0.15, -0.1) is 0 Å². The molecule has 1 atom stereocenters. The Morgan fingerprint density at radius 1 is 1.12 bits per heavy atom. The Bertz CT molecular complexity index is 897. The molecular weight excluding hydrogens is 355 g/mol. The third-order valence-electron chi connectivity index (χ3n) is 4.52. The Hall–Kier alpha value is -2.25. The van der Waals surface area contributed by atoms with Gasteiger partial charge in [0.1, 0.15) is 11.9 Å². The summed E-state index contributed by atoms with van der Waals surface area (Å²) in [6.45, 7) is 2.15. The van der Waals surface area contributed by atoms with E-state index in [-0.39, 0.29) is 17.1 Å². The lowest BCUT2D eigenvalue weighted by atomic mass is 10.0. The van der Waals surface area contributed by atoms with Gasteiger partial charge in [0, 0.05) is 6.54 Å². The van der Waals surface area contributed by atoms with Crippen molar-refractivity contribution in [3.63, 3.8) is 0 Å². The van der Waals surface area contributed by atoms with Crippen LogP contribution in [0.5, 0.6) is 0 Å². The normalized spacial score (nSPS) is 18.5. The standard InChI is InChI=1S/C19H21FN2O3S/c1-14-9-11-15(12-10-14)26(24,25)22-13-5-4-8-18(22)19(23)21-17-7-3-2-6-16(17)20/h2-3,6-7,9-12,18H,4-5,8,13H2,1H3,(H,21,23)/t18-/m0/s1. The maximum atomic E-state index is 13.8. The fraction of sp³-hybridized carbons (Fsp3) is 0.316.